The third-order valence-corrected chi connectivity index (χ3v) is 1.92. The zero-order valence-corrected chi connectivity index (χ0v) is 6.67. The molecular formula is C7H14N2O2. The molecule has 0 aromatic heterocycles. The van der Waals surface area contributed by atoms with Gasteiger partial charge in [0.1, 0.15) is 0 Å². The highest BCUT2D eigenvalue weighted by Gasteiger charge is 2.25. The van der Waals surface area contributed by atoms with Crippen LogP contribution < -0.4 is 11.1 Å². The fraction of sp³-hybridized carbons (Fsp3) is 0.857. The number of hydrogen-bond acceptors (Lipinski definition) is 4. The lowest BCUT2D eigenvalue weighted by molar-refractivity contribution is -0.146. The van der Waals surface area contributed by atoms with Crippen molar-refractivity contribution < 1.29 is 9.53 Å². The Bertz CT molecular complexity index is 149. The van der Waals surface area contributed by atoms with Crippen LogP contribution >= 0.6 is 0 Å². The van der Waals surface area contributed by atoms with E-state index in [0.29, 0.717) is 6.54 Å². The molecule has 0 aromatic rings. The van der Waals surface area contributed by atoms with Crippen LogP contribution in [0.4, 0.5) is 0 Å². The van der Waals surface area contributed by atoms with E-state index in [1.165, 1.54) is 7.11 Å². The van der Waals surface area contributed by atoms with Gasteiger partial charge in [0.15, 0.2) is 0 Å². The van der Waals surface area contributed by atoms with Crippen LogP contribution in [0.3, 0.4) is 0 Å². The summed E-state index contributed by atoms with van der Waals surface area (Å²) in [5, 5.41) is 3.07. The Hall–Kier alpha value is -0.610. The van der Waals surface area contributed by atoms with Crippen LogP contribution in [0, 0.1) is 5.92 Å². The van der Waals surface area contributed by atoms with Gasteiger partial charge in [0.05, 0.1) is 13.0 Å². The van der Waals surface area contributed by atoms with E-state index in [2.05, 4.69) is 10.1 Å². The summed E-state index contributed by atoms with van der Waals surface area (Å²) < 4.78 is 4.60. The second-order valence-electron chi connectivity index (χ2n) is 2.87. The molecule has 1 aliphatic heterocycles. The van der Waals surface area contributed by atoms with Crippen LogP contribution in [0.15, 0.2) is 0 Å². The first-order valence-electron chi connectivity index (χ1n) is 3.78. The van der Waals surface area contributed by atoms with Gasteiger partial charge in [-0.05, 0) is 6.42 Å². The highest BCUT2D eigenvalue weighted by molar-refractivity contribution is 5.72. The van der Waals surface area contributed by atoms with Crippen LogP contribution in [0.25, 0.3) is 0 Å². The Labute approximate surface area is 66.1 Å². The van der Waals surface area contributed by atoms with Crippen LogP contribution in [0.2, 0.25) is 0 Å². The lowest BCUT2D eigenvalue weighted by atomic mass is 9.97. The Kier molecular flexibility index (Phi) is 2.84. The maximum atomic E-state index is 11.0. The summed E-state index contributed by atoms with van der Waals surface area (Å²) in [7, 11) is 1.41. The number of nitrogens with one attached hydrogen (secondary N) is 1. The van der Waals surface area contributed by atoms with Crippen LogP contribution in [-0.2, 0) is 9.53 Å². The van der Waals surface area contributed by atoms with E-state index in [1.54, 1.807) is 0 Å². The van der Waals surface area contributed by atoms with Gasteiger partial charge in [0.25, 0.3) is 0 Å². The van der Waals surface area contributed by atoms with E-state index in [-0.39, 0.29) is 17.9 Å². The van der Waals surface area contributed by atoms with E-state index in [9.17, 15) is 4.79 Å². The molecule has 3 N–H and O–H groups in total. The number of nitrogens with two attached hydrogens (primary N) is 1. The maximum absolute atomic E-state index is 11.0. The number of carbonyl (C=O) groups excluding carboxylic acids is 1. The second-order valence-corrected chi connectivity index (χ2v) is 2.87. The average Bonchev–Trinajstić information content (AvgIpc) is 2.03. The lowest BCUT2D eigenvalue weighted by Gasteiger charge is -2.25. The molecule has 1 heterocycles. The first kappa shape index (κ1) is 8.49. The molecule has 2 atom stereocenters. The van der Waals surface area contributed by atoms with Gasteiger partial charge < -0.3 is 15.8 Å². The van der Waals surface area contributed by atoms with Gasteiger partial charge in [0, 0.05) is 19.1 Å². The van der Waals surface area contributed by atoms with Gasteiger partial charge in [-0.15, -0.1) is 0 Å². The summed E-state index contributed by atoms with van der Waals surface area (Å²) in [6.07, 6.45) is 0.736. The van der Waals surface area contributed by atoms with Crippen molar-refractivity contribution in [3.8, 4) is 0 Å². The Morgan fingerprint density at radius 1 is 1.64 bits per heavy atom. The lowest BCUT2D eigenvalue weighted by Crippen LogP contribution is -2.46. The molecule has 1 saturated heterocycles. The SMILES string of the molecule is COC(=O)[C@@H]1CNC[C@H](N)C1. The molecule has 1 aliphatic rings. The predicted octanol–water partition coefficient (Wildman–Crippen LogP) is -0.904. The minimum absolute atomic E-state index is 0.0521. The van der Waals surface area contributed by atoms with E-state index < -0.39 is 0 Å². The summed E-state index contributed by atoms with van der Waals surface area (Å²) in [6.45, 7) is 1.49. The quantitative estimate of drug-likeness (QED) is 0.485. The first-order valence-corrected chi connectivity index (χ1v) is 3.78. The number of esters is 1. The number of rotatable bonds is 1. The highest BCUT2D eigenvalue weighted by Crippen LogP contribution is 2.10. The van der Waals surface area contributed by atoms with Crippen molar-refractivity contribution in [2.24, 2.45) is 11.7 Å². The molecule has 4 nitrogen and oxygen atoms in total. The third kappa shape index (κ3) is 2.17. The molecule has 11 heavy (non-hydrogen) atoms. The molecule has 0 unspecified atom stereocenters. The Balaban J connectivity index is 2.39. The fourth-order valence-corrected chi connectivity index (χ4v) is 1.32. The van der Waals surface area contributed by atoms with Crippen LogP contribution in [0.1, 0.15) is 6.42 Å². The molecule has 0 spiro atoms. The van der Waals surface area contributed by atoms with Crippen molar-refractivity contribution in [2.75, 3.05) is 20.2 Å². The molecule has 0 saturated carbocycles. The molecule has 4 heteroatoms. The van der Waals surface area contributed by atoms with Crippen LogP contribution in [-0.4, -0.2) is 32.2 Å². The number of piperidine rings is 1. The van der Waals surface area contributed by atoms with E-state index >= 15 is 0 Å². The van der Waals surface area contributed by atoms with Gasteiger partial charge in [-0.25, -0.2) is 0 Å². The van der Waals surface area contributed by atoms with E-state index in [1.807, 2.05) is 0 Å². The van der Waals surface area contributed by atoms with Crippen molar-refractivity contribution in [3.63, 3.8) is 0 Å². The number of ether oxygens (including phenoxy) is 1. The summed E-state index contributed by atoms with van der Waals surface area (Å²) in [6, 6.07) is 0.0906. The Morgan fingerprint density at radius 3 is 2.91 bits per heavy atom. The molecule has 0 radical (unpaired) electrons. The molecule has 64 valence electrons. The fourth-order valence-electron chi connectivity index (χ4n) is 1.32. The van der Waals surface area contributed by atoms with Gasteiger partial charge in [-0.1, -0.05) is 0 Å². The minimum Gasteiger partial charge on any atom is -0.469 e. The normalized spacial score (nSPS) is 31.5. The van der Waals surface area contributed by atoms with Crippen LogP contribution in [0.5, 0.6) is 0 Å². The Morgan fingerprint density at radius 2 is 2.36 bits per heavy atom. The molecule has 0 amide bonds. The first-order chi connectivity index (χ1) is 5.24. The summed E-state index contributed by atoms with van der Waals surface area (Å²) in [5.41, 5.74) is 5.65. The van der Waals surface area contributed by atoms with Gasteiger partial charge in [0.2, 0.25) is 0 Å². The molecule has 0 aliphatic carbocycles. The monoisotopic (exact) mass is 158 g/mol. The molecular weight excluding hydrogens is 144 g/mol. The van der Waals surface area contributed by atoms with Crippen molar-refractivity contribution in [1.29, 1.82) is 0 Å². The maximum Gasteiger partial charge on any atom is 0.310 e. The van der Waals surface area contributed by atoms with Crippen molar-refractivity contribution in [2.45, 2.75) is 12.5 Å². The number of hydrogen-bond donors (Lipinski definition) is 2. The van der Waals surface area contributed by atoms with Gasteiger partial charge in [-0.2, -0.15) is 0 Å². The van der Waals surface area contributed by atoms with Gasteiger partial charge >= 0.3 is 5.97 Å². The molecule has 1 fully saturated rings. The summed E-state index contributed by atoms with van der Waals surface area (Å²) in [4.78, 5) is 11.0. The highest BCUT2D eigenvalue weighted by atomic mass is 16.5. The zero-order chi connectivity index (χ0) is 8.27. The largest absolute Gasteiger partial charge is 0.469 e. The molecule has 0 aromatic carbocycles. The summed E-state index contributed by atoms with van der Waals surface area (Å²) >= 11 is 0. The summed E-state index contributed by atoms with van der Waals surface area (Å²) in [5.74, 6) is -0.212. The topological polar surface area (TPSA) is 64.3 Å². The van der Waals surface area contributed by atoms with Crippen molar-refractivity contribution in [1.82, 2.24) is 5.32 Å². The average molecular weight is 158 g/mol. The van der Waals surface area contributed by atoms with Crippen molar-refractivity contribution >= 4 is 5.97 Å². The third-order valence-electron chi connectivity index (χ3n) is 1.92. The molecule has 0 bridgehead atoms. The molecule has 1 rings (SSSR count). The number of methoxy groups -OCH3 is 1. The predicted molar refractivity (Wildman–Crippen MR) is 41.0 cm³/mol. The minimum atomic E-state index is -0.160. The van der Waals surface area contributed by atoms with Gasteiger partial charge in [-0.3, -0.25) is 4.79 Å². The number of carbonyl (C=O) groups is 1. The second kappa shape index (κ2) is 3.69. The standard InChI is InChI=1S/C7H14N2O2/c1-11-7(10)5-2-6(8)4-9-3-5/h5-6,9H,2-4,8H2,1H3/t5-,6+/m0/s1. The zero-order valence-electron chi connectivity index (χ0n) is 6.67. The van der Waals surface area contributed by atoms with E-state index in [4.69, 9.17) is 5.73 Å². The van der Waals surface area contributed by atoms with Crippen molar-refractivity contribution in [3.05, 3.63) is 0 Å². The smallest absolute Gasteiger partial charge is 0.310 e. The van der Waals surface area contributed by atoms with E-state index in [0.717, 1.165) is 13.0 Å².